The molecule has 0 saturated carbocycles. The molecular weight excluding hydrogens is 239 g/mol. The van der Waals surface area contributed by atoms with E-state index in [1.807, 2.05) is 0 Å². The number of aliphatic hydroxyl groups excluding tert-OH is 4. The van der Waals surface area contributed by atoms with Crippen LogP contribution in [0.1, 0.15) is 0 Å². The average molecular weight is 247 g/mol. The van der Waals surface area contributed by atoms with E-state index in [1.165, 1.54) is 0 Å². The smallest absolute Gasteiger partial charge is 0.253 e. The number of hydrogen-bond acceptors (Lipinski definition) is 6. The minimum absolute atomic E-state index is 1.33. The molecule has 0 aromatic rings. The molecule has 0 aliphatic heterocycles. The van der Waals surface area contributed by atoms with Crippen molar-refractivity contribution in [1.82, 2.24) is 0 Å². The van der Waals surface area contributed by atoms with Crippen molar-refractivity contribution in [3.63, 3.8) is 0 Å². The molecule has 4 N–H and O–H groups in total. The predicted octanol–water partition coefficient (Wildman–Crippen LogP) is -2.04. The highest BCUT2D eigenvalue weighted by molar-refractivity contribution is 6.65. The molecule has 0 unspecified atom stereocenters. The molecular formula is C6H8Cl2O6. The van der Waals surface area contributed by atoms with Crippen molar-refractivity contribution in [1.29, 1.82) is 0 Å². The molecule has 0 aliphatic rings. The second kappa shape index (κ2) is 5.59. The summed E-state index contributed by atoms with van der Waals surface area (Å²) in [5, 5.41) is 33.0. The van der Waals surface area contributed by atoms with Crippen LogP contribution in [-0.4, -0.2) is 55.3 Å². The Bertz CT molecular complexity index is 208. The zero-order chi connectivity index (χ0) is 11.5. The van der Waals surface area contributed by atoms with Crippen LogP contribution in [0, 0.1) is 0 Å². The molecule has 0 heterocycles. The van der Waals surface area contributed by atoms with E-state index in [-0.39, 0.29) is 0 Å². The predicted molar refractivity (Wildman–Crippen MR) is 45.7 cm³/mol. The summed E-state index contributed by atoms with van der Waals surface area (Å²) in [7, 11) is 0. The van der Waals surface area contributed by atoms with Gasteiger partial charge in [-0.3, -0.25) is 9.59 Å². The Kier molecular flexibility index (Phi) is 5.50. The van der Waals surface area contributed by atoms with Gasteiger partial charge in [0.2, 0.25) is 0 Å². The van der Waals surface area contributed by atoms with Gasteiger partial charge in [0.05, 0.1) is 0 Å². The molecule has 0 spiro atoms. The first-order valence-corrected chi connectivity index (χ1v) is 4.15. The zero-order valence-electron chi connectivity index (χ0n) is 6.67. The van der Waals surface area contributed by atoms with E-state index >= 15 is 0 Å². The first-order valence-electron chi connectivity index (χ1n) is 3.40. The highest BCUT2D eigenvalue weighted by atomic mass is 35.5. The molecule has 0 amide bonds. The molecule has 0 radical (unpaired) electrons. The lowest BCUT2D eigenvalue weighted by Crippen LogP contribution is -2.48. The third-order valence-electron chi connectivity index (χ3n) is 1.46. The normalized spacial score (nSPS) is 19.6. The van der Waals surface area contributed by atoms with Gasteiger partial charge in [0.15, 0.2) is 12.2 Å². The number of rotatable bonds is 5. The molecule has 82 valence electrons. The summed E-state index contributed by atoms with van der Waals surface area (Å²) in [4.78, 5) is 20.7. The number of hydrogen-bond donors (Lipinski definition) is 4. The van der Waals surface area contributed by atoms with Gasteiger partial charge in [-0.2, -0.15) is 0 Å². The Morgan fingerprint density at radius 2 is 1.00 bits per heavy atom. The summed E-state index contributed by atoms with van der Waals surface area (Å²) in [5.74, 6) is 0. The first kappa shape index (κ1) is 13.8. The van der Waals surface area contributed by atoms with E-state index in [4.69, 9.17) is 43.6 Å². The lowest BCUT2D eigenvalue weighted by molar-refractivity contribution is -0.145. The van der Waals surface area contributed by atoms with E-state index in [2.05, 4.69) is 0 Å². The zero-order valence-corrected chi connectivity index (χ0v) is 8.18. The average Bonchev–Trinajstić information content (AvgIpc) is 2.12. The van der Waals surface area contributed by atoms with Crippen LogP contribution in [0.4, 0.5) is 0 Å². The van der Waals surface area contributed by atoms with E-state index in [9.17, 15) is 9.59 Å². The number of carbonyl (C=O) groups excluding carboxylic acids is 2. The maximum absolute atomic E-state index is 10.3. The van der Waals surface area contributed by atoms with Crippen LogP contribution in [0.2, 0.25) is 0 Å². The maximum Gasteiger partial charge on any atom is 0.253 e. The van der Waals surface area contributed by atoms with Crippen LogP contribution in [0.15, 0.2) is 0 Å². The second-order valence-corrected chi connectivity index (χ2v) is 3.22. The van der Waals surface area contributed by atoms with Crippen LogP contribution >= 0.6 is 23.2 Å². The first-order chi connectivity index (χ1) is 6.29. The van der Waals surface area contributed by atoms with E-state index in [0.717, 1.165) is 0 Å². The minimum Gasteiger partial charge on any atom is -0.387 e. The van der Waals surface area contributed by atoms with Crippen molar-refractivity contribution in [2.45, 2.75) is 24.4 Å². The van der Waals surface area contributed by atoms with Gasteiger partial charge in [0, 0.05) is 0 Å². The van der Waals surface area contributed by atoms with Crippen molar-refractivity contribution >= 4 is 33.7 Å². The number of halogens is 2. The number of aliphatic hydroxyl groups is 4. The molecule has 0 bridgehead atoms. The summed E-state index contributed by atoms with van der Waals surface area (Å²) in [6, 6.07) is 0. The van der Waals surface area contributed by atoms with Gasteiger partial charge >= 0.3 is 0 Å². The molecule has 0 aromatic heterocycles. The molecule has 6 nitrogen and oxygen atoms in total. The van der Waals surface area contributed by atoms with Crippen LogP contribution in [0.5, 0.6) is 0 Å². The highest BCUT2D eigenvalue weighted by Crippen LogP contribution is 2.09. The summed E-state index contributed by atoms with van der Waals surface area (Å²) in [5.41, 5.74) is 0. The Balaban J connectivity index is 4.45. The molecule has 0 fully saturated rings. The second-order valence-electron chi connectivity index (χ2n) is 2.48. The fourth-order valence-corrected chi connectivity index (χ4v) is 0.900. The Morgan fingerprint density at radius 1 is 0.786 bits per heavy atom. The van der Waals surface area contributed by atoms with Crippen molar-refractivity contribution in [2.75, 3.05) is 0 Å². The number of carbonyl (C=O) groups is 2. The monoisotopic (exact) mass is 246 g/mol. The van der Waals surface area contributed by atoms with Crippen molar-refractivity contribution in [3.05, 3.63) is 0 Å². The summed E-state index contributed by atoms with van der Waals surface area (Å²) in [6.07, 6.45) is -8.37. The van der Waals surface area contributed by atoms with Gasteiger partial charge in [-0.05, 0) is 23.2 Å². The van der Waals surface area contributed by atoms with E-state index < -0.39 is 34.9 Å². The largest absolute Gasteiger partial charge is 0.387 e. The fourth-order valence-electron chi connectivity index (χ4n) is 0.642. The lowest BCUT2D eigenvalue weighted by atomic mass is 10.0. The molecule has 4 atom stereocenters. The van der Waals surface area contributed by atoms with Crippen molar-refractivity contribution < 1.29 is 30.0 Å². The molecule has 0 aromatic carbocycles. The summed E-state index contributed by atoms with van der Waals surface area (Å²) in [6.45, 7) is 0. The van der Waals surface area contributed by atoms with Gasteiger partial charge in [-0.1, -0.05) is 0 Å². The Labute approximate surface area is 88.7 Å². The van der Waals surface area contributed by atoms with Crippen LogP contribution < -0.4 is 0 Å². The van der Waals surface area contributed by atoms with Gasteiger partial charge < -0.3 is 20.4 Å². The molecule has 0 rings (SSSR count). The summed E-state index contributed by atoms with van der Waals surface area (Å²) >= 11 is 9.58. The molecule has 8 heteroatoms. The summed E-state index contributed by atoms with van der Waals surface area (Å²) < 4.78 is 0. The van der Waals surface area contributed by atoms with Crippen LogP contribution in [-0.2, 0) is 9.59 Å². The Morgan fingerprint density at radius 3 is 1.14 bits per heavy atom. The SMILES string of the molecule is O=C(Cl)[C@@H](O)[C@H](O)[C@H](O)[C@@H](O)C(=O)Cl. The van der Waals surface area contributed by atoms with Gasteiger partial charge in [0.1, 0.15) is 12.2 Å². The fraction of sp³-hybridized carbons (Fsp3) is 0.667. The third-order valence-corrected chi connectivity index (χ3v) is 1.91. The van der Waals surface area contributed by atoms with Crippen molar-refractivity contribution in [2.24, 2.45) is 0 Å². The van der Waals surface area contributed by atoms with E-state index in [0.29, 0.717) is 0 Å². The molecule has 14 heavy (non-hydrogen) atoms. The lowest BCUT2D eigenvalue weighted by Gasteiger charge is -2.22. The van der Waals surface area contributed by atoms with E-state index in [1.54, 1.807) is 0 Å². The molecule has 0 aliphatic carbocycles. The topological polar surface area (TPSA) is 115 Å². The van der Waals surface area contributed by atoms with Gasteiger partial charge in [0.25, 0.3) is 10.5 Å². The third kappa shape index (κ3) is 3.49. The minimum atomic E-state index is -2.10. The highest BCUT2D eigenvalue weighted by Gasteiger charge is 2.36. The maximum atomic E-state index is 10.3. The molecule has 0 saturated heterocycles. The van der Waals surface area contributed by atoms with Gasteiger partial charge in [-0.25, -0.2) is 0 Å². The standard InChI is InChI=1S/C6H8Cl2O6/c7-5(13)3(11)1(9)2(10)4(12)6(8)14/h1-4,9-12H/t1-,2+,3+,4-. The van der Waals surface area contributed by atoms with Crippen LogP contribution in [0.25, 0.3) is 0 Å². The van der Waals surface area contributed by atoms with Gasteiger partial charge in [-0.15, -0.1) is 0 Å². The Hall–Kier alpha value is -0.240. The van der Waals surface area contributed by atoms with Crippen LogP contribution in [0.3, 0.4) is 0 Å². The quantitative estimate of drug-likeness (QED) is 0.416. The van der Waals surface area contributed by atoms with Crippen molar-refractivity contribution in [3.8, 4) is 0 Å².